The number of nitrogens with zero attached hydrogens (tertiary/aromatic N) is 1. The van der Waals surface area contributed by atoms with Crippen molar-refractivity contribution in [3.05, 3.63) is 133 Å². The third-order valence-corrected chi connectivity index (χ3v) is 7.14. The lowest BCUT2D eigenvalue weighted by Crippen LogP contribution is -2.25. The maximum Gasteiger partial charge on any atom is 0.188 e. The van der Waals surface area contributed by atoms with E-state index in [1.165, 1.54) is 12.1 Å². The highest BCUT2D eigenvalue weighted by Gasteiger charge is 2.34. The van der Waals surface area contributed by atoms with Crippen molar-refractivity contribution in [2.45, 2.75) is 13.0 Å². The number of oxime groups is 1. The number of benzene rings is 3. The first kappa shape index (κ1) is 25.1. The average molecular weight is 552 g/mol. The summed E-state index contributed by atoms with van der Waals surface area (Å²) in [5, 5.41) is 16.4. The van der Waals surface area contributed by atoms with Gasteiger partial charge in [0, 0.05) is 38.6 Å². The van der Waals surface area contributed by atoms with Crippen molar-refractivity contribution < 1.29 is 19.1 Å². The number of para-hydroxylation sites is 1. The molecule has 4 nitrogen and oxygen atoms in total. The van der Waals surface area contributed by atoms with E-state index in [9.17, 15) is 9.60 Å². The molecule has 0 bridgehead atoms. The van der Waals surface area contributed by atoms with Crippen molar-refractivity contribution in [1.29, 1.82) is 0 Å². The SMILES string of the molecule is O/N=C1C(=C\c2cccs2)\OC\1=C(\Cc1ccc(Cl)cc1Cl)c1ccccc1OCc1cccc(F)c1. The highest BCUT2D eigenvalue weighted by atomic mass is 35.5. The molecular weight excluding hydrogens is 532 g/mol. The van der Waals surface area contributed by atoms with E-state index in [4.69, 9.17) is 32.7 Å². The minimum atomic E-state index is -0.328. The van der Waals surface area contributed by atoms with E-state index in [0.717, 1.165) is 21.6 Å². The molecule has 3 aromatic carbocycles. The molecule has 0 atom stereocenters. The number of hydrogen-bond donors (Lipinski definition) is 1. The Balaban J connectivity index is 1.55. The number of allylic oxidation sites excluding steroid dienone is 1. The fourth-order valence-corrected chi connectivity index (χ4v) is 5.08. The summed E-state index contributed by atoms with van der Waals surface area (Å²) in [6.45, 7) is 0.171. The smallest absolute Gasteiger partial charge is 0.188 e. The first-order chi connectivity index (χ1) is 18.0. The van der Waals surface area contributed by atoms with Crippen LogP contribution < -0.4 is 4.74 Å². The molecule has 186 valence electrons. The number of rotatable bonds is 7. The van der Waals surface area contributed by atoms with Crippen LogP contribution in [-0.2, 0) is 17.8 Å². The summed E-state index contributed by atoms with van der Waals surface area (Å²) in [6, 6.07) is 22.9. The molecule has 1 aliphatic rings. The van der Waals surface area contributed by atoms with Gasteiger partial charge in [-0.05, 0) is 52.9 Å². The van der Waals surface area contributed by atoms with Crippen LogP contribution in [0.3, 0.4) is 0 Å². The average Bonchev–Trinajstić information content (AvgIpc) is 3.39. The van der Waals surface area contributed by atoms with E-state index in [-0.39, 0.29) is 12.4 Å². The molecule has 0 aliphatic carbocycles. The molecule has 8 heteroatoms. The lowest BCUT2D eigenvalue weighted by atomic mass is 9.92. The van der Waals surface area contributed by atoms with E-state index in [0.29, 0.717) is 45.0 Å². The van der Waals surface area contributed by atoms with Crippen LogP contribution in [-0.4, -0.2) is 10.9 Å². The minimum absolute atomic E-state index is 0.171. The van der Waals surface area contributed by atoms with E-state index < -0.39 is 0 Å². The summed E-state index contributed by atoms with van der Waals surface area (Å²) in [6.07, 6.45) is 2.18. The van der Waals surface area contributed by atoms with Crippen LogP contribution in [0.5, 0.6) is 5.75 Å². The molecule has 0 unspecified atom stereocenters. The molecule has 37 heavy (non-hydrogen) atoms. The van der Waals surface area contributed by atoms with Crippen LogP contribution in [0.2, 0.25) is 10.0 Å². The van der Waals surface area contributed by atoms with Crippen molar-refractivity contribution in [1.82, 2.24) is 0 Å². The number of hydrogen-bond acceptors (Lipinski definition) is 5. The van der Waals surface area contributed by atoms with Crippen molar-refractivity contribution in [2.24, 2.45) is 5.16 Å². The molecule has 0 radical (unpaired) electrons. The summed E-state index contributed by atoms with van der Waals surface area (Å²) in [5.41, 5.74) is 3.29. The van der Waals surface area contributed by atoms with Crippen LogP contribution in [0.1, 0.15) is 21.6 Å². The Morgan fingerprint density at radius 3 is 2.65 bits per heavy atom. The molecule has 5 rings (SSSR count). The second kappa shape index (κ2) is 11.2. The lowest BCUT2D eigenvalue weighted by Gasteiger charge is -2.28. The van der Waals surface area contributed by atoms with Crippen LogP contribution in [0.15, 0.2) is 101 Å². The van der Waals surface area contributed by atoms with E-state index in [2.05, 4.69) is 5.16 Å². The van der Waals surface area contributed by atoms with Crippen LogP contribution in [0.4, 0.5) is 4.39 Å². The van der Waals surface area contributed by atoms with Gasteiger partial charge in [-0.2, -0.15) is 0 Å². The third-order valence-electron chi connectivity index (χ3n) is 5.73. The van der Waals surface area contributed by atoms with Gasteiger partial charge in [-0.15, -0.1) is 11.3 Å². The maximum atomic E-state index is 13.7. The number of ether oxygens (including phenoxy) is 2. The van der Waals surface area contributed by atoms with Gasteiger partial charge in [0.1, 0.15) is 18.2 Å². The van der Waals surface area contributed by atoms with Crippen LogP contribution in [0.25, 0.3) is 11.6 Å². The molecule has 1 aliphatic heterocycles. The molecule has 4 aromatic rings. The molecule has 0 saturated carbocycles. The monoisotopic (exact) mass is 551 g/mol. The molecule has 1 fully saturated rings. The Hall–Kier alpha value is -3.58. The number of halogens is 3. The molecule has 2 heterocycles. The summed E-state index contributed by atoms with van der Waals surface area (Å²) in [5.74, 6) is 1.11. The predicted octanol–water partition coefficient (Wildman–Crippen LogP) is 8.63. The van der Waals surface area contributed by atoms with Gasteiger partial charge in [0.25, 0.3) is 0 Å². The van der Waals surface area contributed by atoms with Gasteiger partial charge in [0.05, 0.1) is 0 Å². The maximum absolute atomic E-state index is 13.7. The Bertz CT molecular complexity index is 1530. The lowest BCUT2D eigenvalue weighted by molar-refractivity contribution is 0.275. The molecule has 1 N–H and O–H groups in total. The molecule has 1 aromatic heterocycles. The van der Waals surface area contributed by atoms with Crippen LogP contribution in [0, 0.1) is 5.82 Å². The minimum Gasteiger partial charge on any atom is -0.488 e. The standard InChI is InChI=1S/C29H20Cl2FNO3S/c30-20-11-10-19(25(31)15-20)14-24(29-28(33-34)27(36-29)16-22-7-4-12-37-22)23-8-1-2-9-26(23)35-17-18-5-3-6-21(32)13-18/h1-13,15-16,34H,14,17H2/b27-16-,29-24-,33-28+. The largest absolute Gasteiger partial charge is 0.488 e. The zero-order valence-electron chi connectivity index (χ0n) is 19.3. The van der Waals surface area contributed by atoms with Crippen molar-refractivity contribution in [3.63, 3.8) is 0 Å². The highest BCUT2D eigenvalue weighted by molar-refractivity contribution is 7.10. The van der Waals surface area contributed by atoms with Gasteiger partial charge in [-0.1, -0.05) is 70.8 Å². The number of thiophene rings is 1. The molecule has 1 saturated heterocycles. The van der Waals surface area contributed by atoms with E-state index >= 15 is 0 Å². The summed E-state index contributed by atoms with van der Waals surface area (Å²) < 4.78 is 25.9. The quantitative estimate of drug-likeness (QED) is 0.185. The second-order valence-corrected chi connectivity index (χ2v) is 10.0. The summed E-state index contributed by atoms with van der Waals surface area (Å²) >= 11 is 14.2. The van der Waals surface area contributed by atoms with Gasteiger partial charge < -0.3 is 14.7 Å². The highest BCUT2D eigenvalue weighted by Crippen LogP contribution is 2.40. The molecule has 0 amide bonds. The predicted molar refractivity (Wildman–Crippen MR) is 147 cm³/mol. The fourth-order valence-electron chi connectivity index (χ4n) is 3.95. The fraction of sp³-hybridized carbons (Fsp3) is 0.0690. The van der Waals surface area contributed by atoms with E-state index in [1.54, 1.807) is 35.6 Å². The van der Waals surface area contributed by atoms with Gasteiger partial charge in [-0.3, -0.25) is 0 Å². The first-order valence-electron chi connectivity index (χ1n) is 11.3. The van der Waals surface area contributed by atoms with Gasteiger partial charge >= 0.3 is 0 Å². The Labute approximate surface area is 227 Å². The van der Waals surface area contributed by atoms with Crippen molar-refractivity contribution in [3.8, 4) is 5.75 Å². The van der Waals surface area contributed by atoms with Crippen LogP contribution >= 0.6 is 34.5 Å². The Kier molecular flexibility index (Phi) is 7.60. The van der Waals surface area contributed by atoms with Crippen molar-refractivity contribution >= 4 is 51.9 Å². The topological polar surface area (TPSA) is 51.1 Å². The zero-order chi connectivity index (χ0) is 25.8. The Morgan fingerprint density at radius 1 is 1.03 bits per heavy atom. The van der Waals surface area contributed by atoms with Gasteiger partial charge in [0.2, 0.25) is 0 Å². The first-order valence-corrected chi connectivity index (χ1v) is 12.9. The van der Waals surface area contributed by atoms with Crippen molar-refractivity contribution in [2.75, 3.05) is 0 Å². The normalized spacial score (nSPS) is 16.4. The van der Waals surface area contributed by atoms with Gasteiger partial charge in [-0.25, -0.2) is 4.39 Å². The molecular formula is C29H20Cl2FNO3S. The van der Waals surface area contributed by atoms with E-state index in [1.807, 2.05) is 53.9 Å². The van der Waals surface area contributed by atoms with Gasteiger partial charge in [0.15, 0.2) is 17.2 Å². The zero-order valence-corrected chi connectivity index (χ0v) is 21.7. The summed E-state index contributed by atoms with van der Waals surface area (Å²) in [7, 11) is 0. The summed E-state index contributed by atoms with van der Waals surface area (Å²) in [4.78, 5) is 0.969. The third kappa shape index (κ3) is 5.72. The Morgan fingerprint density at radius 2 is 1.89 bits per heavy atom. The second-order valence-electron chi connectivity index (χ2n) is 8.21. The molecule has 0 spiro atoms.